The van der Waals surface area contributed by atoms with Crippen molar-refractivity contribution in [1.82, 2.24) is 0 Å². The molecule has 0 aliphatic heterocycles. The molecule has 0 saturated heterocycles. The van der Waals surface area contributed by atoms with Crippen LogP contribution in [0.1, 0.15) is 89.5 Å². The van der Waals surface area contributed by atoms with Gasteiger partial charge in [-0.25, -0.2) is 13.2 Å². The monoisotopic (exact) mass is 380 g/mol. The third-order valence-corrected chi connectivity index (χ3v) is 7.23. The molecule has 0 nitrogen and oxygen atoms in total. The zero-order chi connectivity index (χ0) is 19.2. The molecule has 0 heterocycles. The smallest absolute Gasteiger partial charge is 0.194 e. The fourth-order valence-electron chi connectivity index (χ4n) is 5.55. The maximum Gasteiger partial charge on any atom is 0.194 e. The van der Waals surface area contributed by atoms with Crippen LogP contribution in [0.25, 0.3) is 0 Å². The summed E-state index contributed by atoms with van der Waals surface area (Å²) >= 11 is 0. The van der Waals surface area contributed by atoms with Crippen molar-refractivity contribution in [3.63, 3.8) is 0 Å². The summed E-state index contributed by atoms with van der Waals surface area (Å²) in [7, 11) is 0. The zero-order valence-corrected chi connectivity index (χ0v) is 16.8. The second-order valence-corrected chi connectivity index (χ2v) is 9.13. The molecule has 0 atom stereocenters. The largest absolute Gasteiger partial charge is 0.204 e. The molecule has 0 N–H and O–H groups in total. The van der Waals surface area contributed by atoms with E-state index in [-0.39, 0.29) is 0 Å². The minimum atomic E-state index is -1.35. The summed E-state index contributed by atoms with van der Waals surface area (Å²) in [6.45, 7) is 2.27. The highest BCUT2D eigenvalue weighted by Gasteiger charge is 2.30. The lowest BCUT2D eigenvalue weighted by atomic mass is 9.68. The molecule has 0 bridgehead atoms. The van der Waals surface area contributed by atoms with Crippen molar-refractivity contribution in [2.45, 2.75) is 90.4 Å². The van der Waals surface area contributed by atoms with Crippen LogP contribution in [-0.2, 0) is 6.42 Å². The minimum Gasteiger partial charge on any atom is -0.204 e. The van der Waals surface area contributed by atoms with Crippen molar-refractivity contribution in [2.75, 3.05) is 0 Å². The lowest BCUT2D eigenvalue weighted by Gasteiger charge is -2.38. The molecule has 0 amide bonds. The number of benzene rings is 1. The Kier molecular flexibility index (Phi) is 7.66. The van der Waals surface area contributed by atoms with Gasteiger partial charge in [-0.1, -0.05) is 45.4 Å². The first-order valence-electron chi connectivity index (χ1n) is 11.2. The van der Waals surface area contributed by atoms with Crippen LogP contribution >= 0.6 is 0 Å². The SMILES string of the molecule is CCCCCC1CCC(C2CCC(Cc3cc(F)c(F)c(F)c3)CC2)CC1. The van der Waals surface area contributed by atoms with E-state index in [4.69, 9.17) is 0 Å². The van der Waals surface area contributed by atoms with E-state index in [2.05, 4.69) is 6.92 Å². The van der Waals surface area contributed by atoms with Crippen molar-refractivity contribution in [1.29, 1.82) is 0 Å². The van der Waals surface area contributed by atoms with Gasteiger partial charge in [0.25, 0.3) is 0 Å². The van der Waals surface area contributed by atoms with Gasteiger partial charge < -0.3 is 0 Å². The molecule has 2 aliphatic carbocycles. The van der Waals surface area contributed by atoms with Gasteiger partial charge in [0.05, 0.1) is 0 Å². The van der Waals surface area contributed by atoms with Crippen LogP contribution in [0.2, 0.25) is 0 Å². The first-order chi connectivity index (χ1) is 13.1. The average Bonchev–Trinajstić information content (AvgIpc) is 2.67. The minimum absolute atomic E-state index is 0.482. The molecular weight excluding hydrogens is 345 g/mol. The molecule has 3 rings (SSSR count). The summed E-state index contributed by atoms with van der Waals surface area (Å²) in [5, 5.41) is 0. The Morgan fingerprint density at radius 3 is 1.78 bits per heavy atom. The van der Waals surface area contributed by atoms with Crippen molar-refractivity contribution in [3.8, 4) is 0 Å². The quantitative estimate of drug-likeness (QED) is 0.334. The summed E-state index contributed by atoms with van der Waals surface area (Å²) in [6.07, 6.45) is 16.6. The molecule has 0 aromatic heterocycles. The number of rotatable bonds is 7. The summed E-state index contributed by atoms with van der Waals surface area (Å²) in [5.74, 6) is -0.284. The van der Waals surface area contributed by atoms with Crippen LogP contribution in [0.5, 0.6) is 0 Å². The maximum atomic E-state index is 13.4. The zero-order valence-electron chi connectivity index (χ0n) is 16.8. The molecular formula is C24H35F3. The van der Waals surface area contributed by atoms with Crippen molar-refractivity contribution in [3.05, 3.63) is 35.1 Å². The van der Waals surface area contributed by atoms with Gasteiger partial charge in [-0.15, -0.1) is 0 Å². The lowest BCUT2D eigenvalue weighted by molar-refractivity contribution is 0.142. The Labute approximate surface area is 162 Å². The molecule has 2 fully saturated rings. The maximum absolute atomic E-state index is 13.4. The fraction of sp³-hybridized carbons (Fsp3) is 0.750. The van der Waals surface area contributed by atoms with E-state index in [1.807, 2.05) is 0 Å². The van der Waals surface area contributed by atoms with Gasteiger partial charge in [0.2, 0.25) is 0 Å². The van der Waals surface area contributed by atoms with E-state index in [0.29, 0.717) is 17.9 Å². The van der Waals surface area contributed by atoms with Crippen molar-refractivity contribution in [2.24, 2.45) is 23.7 Å². The normalized spacial score (nSPS) is 29.0. The molecule has 0 spiro atoms. The first kappa shape index (κ1) is 20.7. The molecule has 1 aromatic rings. The number of hydrogen-bond acceptors (Lipinski definition) is 0. The third kappa shape index (κ3) is 5.74. The molecule has 1 aromatic carbocycles. The van der Waals surface area contributed by atoms with Crippen LogP contribution in [0.3, 0.4) is 0 Å². The highest BCUT2D eigenvalue weighted by Crippen LogP contribution is 2.43. The summed E-state index contributed by atoms with van der Waals surface area (Å²) < 4.78 is 39.9. The van der Waals surface area contributed by atoms with E-state index in [0.717, 1.165) is 30.6 Å². The van der Waals surface area contributed by atoms with Crippen LogP contribution in [0, 0.1) is 41.1 Å². The molecule has 27 heavy (non-hydrogen) atoms. The predicted octanol–water partition coefficient (Wildman–Crippen LogP) is 7.84. The van der Waals surface area contributed by atoms with Crippen LogP contribution in [0.15, 0.2) is 12.1 Å². The van der Waals surface area contributed by atoms with E-state index in [1.54, 1.807) is 0 Å². The van der Waals surface area contributed by atoms with Gasteiger partial charge in [0, 0.05) is 0 Å². The average molecular weight is 381 g/mol. The molecule has 2 aliphatic rings. The molecule has 0 radical (unpaired) electrons. The lowest BCUT2D eigenvalue weighted by Crippen LogP contribution is -2.26. The van der Waals surface area contributed by atoms with Crippen molar-refractivity contribution >= 4 is 0 Å². The predicted molar refractivity (Wildman–Crippen MR) is 105 cm³/mol. The Bertz CT molecular complexity index is 558. The van der Waals surface area contributed by atoms with Gasteiger partial charge in [0.15, 0.2) is 17.5 Å². The summed E-state index contributed by atoms with van der Waals surface area (Å²) in [5.41, 5.74) is 0.599. The first-order valence-corrected chi connectivity index (χ1v) is 11.2. The highest BCUT2D eigenvalue weighted by molar-refractivity contribution is 5.20. The molecule has 3 heteroatoms. The number of unbranched alkanes of at least 4 members (excludes halogenated alkanes) is 2. The van der Waals surface area contributed by atoms with Crippen LogP contribution in [0.4, 0.5) is 13.2 Å². The Morgan fingerprint density at radius 1 is 0.741 bits per heavy atom. The van der Waals surface area contributed by atoms with Crippen LogP contribution < -0.4 is 0 Å². The van der Waals surface area contributed by atoms with E-state index in [9.17, 15) is 13.2 Å². The standard InChI is InChI=1S/C24H35F3/c1-2-3-4-5-17-6-10-20(11-7-17)21-12-8-18(9-13-21)14-19-15-22(25)24(27)23(26)16-19/h15-18,20-21H,2-14H2,1H3. The van der Waals surface area contributed by atoms with Gasteiger partial charge >= 0.3 is 0 Å². The Hall–Kier alpha value is -0.990. The number of hydrogen-bond donors (Lipinski definition) is 0. The third-order valence-electron chi connectivity index (χ3n) is 7.23. The summed E-state index contributed by atoms with van der Waals surface area (Å²) in [4.78, 5) is 0. The molecule has 152 valence electrons. The topological polar surface area (TPSA) is 0 Å². The summed E-state index contributed by atoms with van der Waals surface area (Å²) in [6, 6.07) is 2.34. The molecule has 0 unspecified atom stereocenters. The molecule has 2 saturated carbocycles. The van der Waals surface area contributed by atoms with E-state index in [1.165, 1.54) is 76.3 Å². The van der Waals surface area contributed by atoms with Gasteiger partial charge in [-0.05, 0) is 86.3 Å². The second-order valence-electron chi connectivity index (χ2n) is 9.13. The van der Waals surface area contributed by atoms with Crippen molar-refractivity contribution < 1.29 is 13.2 Å². The Morgan fingerprint density at radius 2 is 1.26 bits per heavy atom. The van der Waals surface area contributed by atoms with Crippen LogP contribution in [-0.4, -0.2) is 0 Å². The highest BCUT2D eigenvalue weighted by atomic mass is 19.2. The van der Waals surface area contributed by atoms with Gasteiger partial charge in [0.1, 0.15) is 0 Å². The fourth-order valence-corrected chi connectivity index (χ4v) is 5.55. The Balaban J connectivity index is 1.41. The number of halogens is 3. The van der Waals surface area contributed by atoms with Gasteiger partial charge in [-0.3, -0.25) is 0 Å². The van der Waals surface area contributed by atoms with E-state index >= 15 is 0 Å². The second kappa shape index (κ2) is 9.98. The van der Waals surface area contributed by atoms with E-state index < -0.39 is 17.5 Å². The van der Waals surface area contributed by atoms with Gasteiger partial charge in [-0.2, -0.15) is 0 Å².